The predicted molar refractivity (Wildman–Crippen MR) is 21.4 cm³/mol. The Kier molecular flexibility index (Phi) is 26.5. The average molecular weight is 235 g/mol. The monoisotopic (exact) mass is 234 g/mol. The maximum atomic E-state index is 8.88. The second kappa shape index (κ2) is 9.45. The normalized spacial score (nSPS) is 7.38. The average Bonchev–Trinajstić information content (AvgIpc) is 0.722. The third-order valence-corrected chi connectivity index (χ3v) is 0. The number of hydrogen-bond donors (Lipinski definition) is 3. The van der Waals surface area contributed by atoms with Crippen molar-refractivity contribution in [1.82, 2.24) is 0 Å². The minimum Gasteiger partial charge on any atom is 0 e. The molecule has 8 heteroatoms. The van der Waals surface area contributed by atoms with Crippen LogP contribution in [0.5, 0.6) is 0 Å². The molecule has 3 N–H and O–H groups in total. The van der Waals surface area contributed by atoms with Crippen LogP contribution in [-0.2, 0) is 45.8 Å². The summed E-state index contributed by atoms with van der Waals surface area (Å²) >= 11 is 0. The zero-order valence-electron chi connectivity index (χ0n) is 3.40. The van der Waals surface area contributed by atoms with Gasteiger partial charge in [-0.1, -0.05) is 0 Å². The SMILES string of the molecule is O=P(O)(O)O.[NaH].[Ti].[Zn]. The van der Waals surface area contributed by atoms with Crippen LogP contribution in [0.15, 0.2) is 0 Å². The Balaban J connectivity index is -0.0000000267. The molecular weight excluding hydrogens is 231 g/mol. The molecule has 0 aromatic rings. The molecule has 0 aromatic carbocycles. The van der Waals surface area contributed by atoms with Crippen molar-refractivity contribution in [1.29, 1.82) is 0 Å². The molecule has 0 rings (SSSR count). The second-order valence-electron chi connectivity index (χ2n) is 0.513. The predicted octanol–water partition coefficient (Wildman–Crippen LogP) is -1.58. The largest absolute Gasteiger partial charge is 0 e. The van der Waals surface area contributed by atoms with Crippen LogP contribution in [0, 0.1) is 0 Å². The van der Waals surface area contributed by atoms with E-state index in [0.29, 0.717) is 0 Å². The number of rotatable bonds is 0. The Labute approximate surface area is 96.6 Å². The van der Waals surface area contributed by atoms with Crippen molar-refractivity contribution in [2.75, 3.05) is 0 Å². The van der Waals surface area contributed by atoms with E-state index in [9.17, 15) is 0 Å². The summed E-state index contributed by atoms with van der Waals surface area (Å²) in [6.07, 6.45) is 0. The van der Waals surface area contributed by atoms with Crippen LogP contribution in [0.25, 0.3) is 0 Å². The third-order valence-electron chi connectivity index (χ3n) is 0. The van der Waals surface area contributed by atoms with Crippen LogP contribution in [0.3, 0.4) is 0 Å². The Morgan fingerprint density at radius 3 is 1.12 bits per heavy atom. The van der Waals surface area contributed by atoms with Gasteiger partial charge in [0, 0.05) is 41.2 Å². The molecule has 0 radical (unpaired) electrons. The molecule has 0 bridgehead atoms. The van der Waals surface area contributed by atoms with Gasteiger partial charge in [-0.3, -0.25) is 0 Å². The smallest absolute Gasteiger partial charge is 0 e. The van der Waals surface area contributed by atoms with E-state index in [4.69, 9.17) is 19.2 Å². The van der Waals surface area contributed by atoms with Crippen LogP contribution >= 0.6 is 7.82 Å². The van der Waals surface area contributed by atoms with E-state index < -0.39 is 7.82 Å². The van der Waals surface area contributed by atoms with Gasteiger partial charge >= 0.3 is 37.4 Å². The Morgan fingerprint density at radius 2 is 1.12 bits per heavy atom. The summed E-state index contributed by atoms with van der Waals surface area (Å²) in [6, 6.07) is 0. The molecule has 0 saturated carbocycles. The number of phosphoric acid groups is 1. The second-order valence-corrected chi connectivity index (χ2v) is 1.54. The first kappa shape index (κ1) is 22.4. The quantitative estimate of drug-likeness (QED) is 0.350. The minimum absolute atomic E-state index is 0. The van der Waals surface area contributed by atoms with Crippen molar-refractivity contribution in [3.05, 3.63) is 0 Å². The standard InChI is InChI=1S/Na.H3O4P.Ti.Zn.H/c;1-5(2,3)4;;;/h;(H3,1,2,3,4);;;. The summed E-state index contributed by atoms with van der Waals surface area (Å²) in [7, 11) is -4.64. The van der Waals surface area contributed by atoms with Crippen molar-refractivity contribution in [3.8, 4) is 0 Å². The first-order chi connectivity index (χ1) is 2.00. The zero-order valence-corrected chi connectivity index (χ0v) is 8.83. The van der Waals surface area contributed by atoms with Gasteiger partial charge in [0.25, 0.3) is 0 Å². The summed E-state index contributed by atoms with van der Waals surface area (Å²) in [5.74, 6) is 0. The van der Waals surface area contributed by atoms with Gasteiger partial charge in [-0.2, -0.15) is 0 Å². The van der Waals surface area contributed by atoms with Crippen LogP contribution < -0.4 is 0 Å². The molecule has 0 aliphatic carbocycles. The molecule has 40 valence electrons. The van der Waals surface area contributed by atoms with E-state index in [-0.39, 0.29) is 70.8 Å². The summed E-state index contributed by atoms with van der Waals surface area (Å²) in [5.41, 5.74) is 0. The van der Waals surface area contributed by atoms with E-state index in [2.05, 4.69) is 0 Å². The summed E-state index contributed by atoms with van der Waals surface area (Å²) in [4.78, 5) is 21.6. The van der Waals surface area contributed by atoms with Crippen LogP contribution in [0.2, 0.25) is 0 Å². The molecule has 0 unspecified atom stereocenters. The Bertz CT molecular complexity index is 62.2. The Hall–Kier alpha value is 2.45. The molecule has 0 heterocycles. The van der Waals surface area contributed by atoms with E-state index in [1.807, 2.05) is 0 Å². The summed E-state index contributed by atoms with van der Waals surface area (Å²) < 4.78 is 8.88. The maximum Gasteiger partial charge on any atom is 0 e. The van der Waals surface area contributed by atoms with Crippen molar-refractivity contribution in [2.24, 2.45) is 0 Å². The van der Waals surface area contributed by atoms with Gasteiger partial charge in [0.15, 0.2) is 0 Å². The molecular formula is H4NaO4PTiZn. The van der Waals surface area contributed by atoms with Crippen LogP contribution in [0.4, 0.5) is 0 Å². The molecule has 4 nitrogen and oxygen atoms in total. The molecule has 0 aromatic heterocycles. The molecule has 0 amide bonds. The van der Waals surface area contributed by atoms with Crippen LogP contribution in [-0.4, -0.2) is 44.2 Å². The molecule has 0 spiro atoms. The molecule has 0 atom stereocenters. The van der Waals surface area contributed by atoms with Gasteiger partial charge in [-0.15, -0.1) is 0 Å². The maximum absolute atomic E-state index is 8.88. The minimum atomic E-state index is -4.64. The first-order valence-electron chi connectivity index (χ1n) is 0.783. The van der Waals surface area contributed by atoms with E-state index in [1.54, 1.807) is 0 Å². The fourth-order valence-corrected chi connectivity index (χ4v) is 0. The summed E-state index contributed by atoms with van der Waals surface area (Å²) in [5, 5.41) is 0. The molecule has 0 aliphatic heterocycles. The first-order valence-corrected chi connectivity index (χ1v) is 2.35. The molecule has 8 heavy (non-hydrogen) atoms. The van der Waals surface area contributed by atoms with E-state index >= 15 is 0 Å². The van der Waals surface area contributed by atoms with Gasteiger partial charge in [0.05, 0.1) is 0 Å². The van der Waals surface area contributed by atoms with Crippen LogP contribution in [0.1, 0.15) is 0 Å². The summed E-state index contributed by atoms with van der Waals surface area (Å²) in [6.45, 7) is 0. The van der Waals surface area contributed by atoms with Crippen molar-refractivity contribution < 1.29 is 60.4 Å². The van der Waals surface area contributed by atoms with Crippen molar-refractivity contribution in [3.63, 3.8) is 0 Å². The van der Waals surface area contributed by atoms with Gasteiger partial charge in [0.2, 0.25) is 0 Å². The van der Waals surface area contributed by atoms with Crippen molar-refractivity contribution >= 4 is 37.4 Å². The van der Waals surface area contributed by atoms with Gasteiger partial charge in [0.1, 0.15) is 0 Å². The van der Waals surface area contributed by atoms with E-state index in [1.165, 1.54) is 0 Å². The van der Waals surface area contributed by atoms with Gasteiger partial charge < -0.3 is 14.7 Å². The van der Waals surface area contributed by atoms with Crippen molar-refractivity contribution in [2.45, 2.75) is 0 Å². The zero-order chi connectivity index (χ0) is 4.50. The molecule has 0 saturated heterocycles. The fraction of sp³-hybridized carbons (Fsp3) is 0. The van der Waals surface area contributed by atoms with E-state index in [0.717, 1.165) is 0 Å². The number of hydrogen-bond acceptors (Lipinski definition) is 1. The topological polar surface area (TPSA) is 77.8 Å². The van der Waals surface area contributed by atoms with Gasteiger partial charge in [-0.05, 0) is 0 Å². The molecule has 0 fully saturated rings. The Morgan fingerprint density at radius 1 is 1.12 bits per heavy atom. The fourth-order valence-electron chi connectivity index (χ4n) is 0. The molecule has 0 aliphatic rings. The third kappa shape index (κ3) is 78.2. The van der Waals surface area contributed by atoms with Gasteiger partial charge in [-0.25, -0.2) is 4.57 Å².